The molecule has 4 rings (SSSR count). The summed E-state index contributed by atoms with van der Waals surface area (Å²) in [6, 6.07) is 6.86. The van der Waals surface area contributed by atoms with Crippen LogP contribution >= 0.6 is 0 Å². The number of halogens is 3. The molecule has 3 aromatic rings. The van der Waals surface area contributed by atoms with Gasteiger partial charge in [0.05, 0.1) is 0 Å². The van der Waals surface area contributed by atoms with Crippen molar-refractivity contribution in [2.45, 2.75) is 44.2 Å². The summed E-state index contributed by atoms with van der Waals surface area (Å²) in [4.78, 5) is 21.3. The maximum absolute atomic E-state index is 15.4. The molecule has 1 aromatic carbocycles. The fourth-order valence-electron chi connectivity index (χ4n) is 3.27. The number of hydrogen-bond acceptors (Lipinski definition) is 5. The average Bonchev–Trinajstić information content (AvgIpc) is 3.48. The van der Waals surface area contributed by atoms with Crippen LogP contribution in [-0.4, -0.2) is 30.6 Å². The van der Waals surface area contributed by atoms with Gasteiger partial charge in [0.25, 0.3) is 5.91 Å². The molecule has 1 unspecified atom stereocenters. The van der Waals surface area contributed by atoms with Crippen molar-refractivity contribution in [2.75, 3.05) is 5.32 Å². The van der Waals surface area contributed by atoms with Crippen LogP contribution in [-0.2, 0) is 18.6 Å². The summed E-state index contributed by atoms with van der Waals surface area (Å²) in [6.07, 6.45) is 3.05. The van der Waals surface area contributed by atoms with Crippen LogP contribution < -0.4 is 5.32 Å². The molecule has 0 saturated heterocycles. The Balaban J connectivity index is 1.60. The van der Waals surface area contributed by atoms with Gasteiger partial charge < -0.3 is 9.88 Å². The highest BCUT2D eigenvalue weighted by molar-refractivity contribution is 6.03. The maximum Gasteiger partial charge on any atom is 0.343 e. The molecule has 2 heterocycles. The quantitative estimate of drug-likeness (QED) is 0.639. The van der Waals surface area contributed by atoms with Crippen molar-refractivity contribution >= 4 is 11.6 Å². The van der Waals surface area contributed by atoms with Gasteiger partial charge in [-0.05, 0) is 50.5 Å². The van der Waals surface area contributed by atoms with Crippen molar-refractivity contribution in [1.82, 2.24) is 24.7 Å². The first kappa shape index (κ1) is 21.0. The second-order valence-electron chi connectivity index (χ2n) is 7.90. The van der Waals surface area contributed by atoms with Crippen molar-refractivity contribution in [3.63, 3.8) is 0 Å². The number of nitrogens with one attached hydrogen (secondary N) is 1. The molecule has 0 aliphatic heterocycles. The van der Waals surface area contributed by atoms with Crippen LogP contribution in [0.1, 0.15) is 59.1 Å². The van der Waals surface area contributed by atoms with Crippen LogP contribution in [0, 0.1) is 6.92 Å². The molecule has 1 aliphatic rings. The Morgan fingerprint density at radius 3 is 2.58 bits per heavy atom. The molecule has 162 valence electrons. The third kappa shape index (κ3) is 3.89. The topological polar surface area (TPSA) is 85.6 Å². The number of aromatic nitrogens is 5. The summed E-state index contributed by atoms with van der Waals surface area (Å²) in [5.41, 5.74) is -2.40. The predicted molar refractivity (Wildman–Crippen MR) is 106 cm³/mol. The van der Waals surface area contributed by atoms with Crippen LogP contribution in [0.4, 0.5) is 18.9 Å². The van der Waals surface area contributed by atoms with E-state index in [1.54, 1.807) is 13.0 Å². The average molecular weight is 430 g/mol. The molecular weight excluding hydrogens is 409 g/mol. The van der Waals surface area contributed by atoms with Crippen molar-refractivity contribution in [3.05, 3.63) is 65.3 Å². The van der Waals surface area contributed by atoms with Gasteiger partial charge in [-0.3, -0.25) is 4.79 Å². The summed E-state index contributed by atoms with van der Waals surface area (Å²) in [5, 5.41) is 9.39. The van der Waals surface area contributed by atoms with Gasteiger partial charge in [0.2, 0.25) is 11.5 Å². The number of amides is 1. The molecular formula is C21H21F3N6O. The molecule has 2 aromatic heterocycles. The van der Waals surface area contributed by atoms with Crippen LogP contribution in [0.15, 0.2) is 36.7 Å². The largest absolute Gasteiger partial charge is 0.343 e. The number of benzene rings is 1. The lowest BCUT2D eigenvalue weighted by atomic mass is 9.90. The first-order valence-electron chi connectivity index (χ1n) is 9.78. The van der Waals surface area contributed by atoms with E-state index in [0.717, 1.165) is 30.7 Å². The number of anilines is 1. The van der Waals surface area contributed by atoms with Gasteiger partial charge >= 0.3 is 5.92 Å². The standard InChI is InChI=1S/C21H21F3N6O/c1-12-9-16(28-17(26-12)13-7-8-13)18(31)27-15-6-4-5-14(10-15)20(2,22)21(23,24)19-29-25-11-30(19)3/h4-6,9-11,13H,7-8H2,1-3H3,(H,27,31). The minimum atomic E-state index is -3.95. The molecule has 1 N–H and O–H groups in total. The van der Waals surface area contributed by atoms with Crippen molar-refractivity contribution in [2.24, 2.45) is 7.05 Å². The Hall–Kier alpha value is -3.30. The number of rotatable bonds is 6. The normalized spacial score (nSPS) is 16.1. The monoisotopic (exact) mass is 430 g/mol. The van der Waals surface area contributed by atoms with E-state index in [1.807, 2.05) is 0 Å². The summed E-state index contributed by atoms with van der Waals surface area (Å²) in [6.45, 7) is 2.55. The highest BCUT2D eigenvalue weighted by Gasteiger charge is 2.56. The molecule has 1 saturated carbocycles. The Kier molecular flexibility index (Phi) is 5.03. The smallest absolute Gasteiger partial charge is 0.321 e. The molecule has 1 aliphatic carbocycles. The number of hydrogen-bond donors (Lipinski definition) is 1. The summed E-state index contributed by atoms with van der Waals surface area (Å²) in [7, 11) is 1.32. The van der Waals surface area contributed by atoms with Crippen LogP contribution in [0.5, 0.6) is 0 Å². The number of carbonyl (C=O) groups excluding carboxylic acids is 1. The number of nitrogens with zero attached hydrogens (tertiary/aromatic N) is 5. The van der Waals surface area contributed by atoms with E-state index in [4.69, 9.17) is 0 Å². The first-order valence-corrected chi connectivity index (χ1v) is 9.78. The van der Waals surface area contributed by atoms with Gasteiger partial charge in [0, 0.05) is 24.3 Å². The van der Waals surface area contributed by atoms with Crippen LogP contribution in [0.2, 0.25) is 0 Å². The molecule has 1 amide bonds. The SMILES string of the molecule is Cc1cc(C(=O)Nc2cccc(C(C)(F)C(F)(F)c3nncn3C)c2)nc(C2CC2)n1. The van der Waals surface area contributed by atoms with Crippen LogP contribution in [0.3, 0.4) is 0 Å². The zero-order valence-corrected chi connectivity index (χ0v) is 17.2. The minimum absolute atomic E-state index is 0.171. The van der Waals surface area contributed by atoms with Gasteiger partial charge in [-0.1, -0.05) is 12.1 Å². The van der Waals surface area contributed by atoms with E-state index in [9.17, 15) is 13.6 Å². The maximum atomic E-state index is 15.4. The third-order valence-electron chi connectivity index (χ3n) is 5.29. The Bertz CT molecular complexity index is 1140. The highest BCUT2D eigenvalue weighted by Crippen LogP contribution is 2.47. The summed E-state index contributed by atoms with van der Waals surface area (Å²) < 4.78 is 46.3. The van der Waals surface area contributed by atoms with Crippen molar-refractivity contribution < 1.29 is 18.0 Å². The number of carbonyl (C=O) groups is 1. The second-order valence-corrected chi connectivity index (χ2v) is 7.90. The lowest BCUT2D eigenvalue weighted by Crippen LogP contribution is -2.39. The first-order chi connectivity index (χ1) is 14.6. The molecule has 0 radical (unpaired) electrons. The van der Waals surface area contributed by atoms with E-state index < -0.39 is 23.3 Å². The fourth-order valence-corrected chi connectivity index (χ4v) is 3.27. The third-order valence-corrected chi connectivity index (χ3v) is 5.29. The Morgan fingerprint density at radius 2 is 1.94 bits per heavy atom. The van der Waals surface area contributed by atoms with Crippen LogP contribution in [0.25, 0.3) is 0 Å². The highest BCUT2D eigenvalue weighted by atomic mass is 19.3. The molecule has 7 nitrogen and oxygen atoms in total. The molecule has 0 spiro atoms. The van der Waals surface area contributed by atoms with Gasteiger partial charge in [-0.2, -0.15) is 8.78 Å². The van der Waals surface area contributed by atoms with Crippen molar-refractivity contribution in [1.29, 1.82) is 0 Å². The molecule has 1 atom stereocenters. The number of alkyl halides is 3. The van der Waals surface area contributed by atoms with Gasteiger partial charge in [0.15, 0.2) is 0 Å². The molecule has 0 bridgehead atoms. The summed E-state index contributed by atoms with van der Waals surface area (Å²) in [5.74, 6) is -4.38. The van der Waals surface area contributed by atoms with E-state index in [0.29, 0.717) is 11.5 Å². The van der Waals surface area contributed by atoms with Gasteiger partial charge in [0.1, 0.15) is 17.8 Å². The zero-order valence-electron chi connectivity index (χ0n) is 17.2. The number of aryl methyl sites for hydroxylation is 2. The lowest BCUT2D eigenvalue weighted by molar-refractivity contribution is -0.149. The van der Waals surface area contributed by atoms with Crippen molar-refractivity contribution in [3.8, 4) is 0 Å². The Morgan fingerprint density at radius 1 is 1.19 bits per heavy atom. The van der Waals surface area contributed by atoms with E-state index >= 15 is 4.39 Å². The predicted octanol–water partition coefficient (Wildman–Crippen LogP) is 4.02. The zero-order chi connectivity index (χ0) is 22.4. The minimum Gasteiger partial charge on any atom is -0.321 e. The molecule has 1 fully saturated rings. The summed E-state index contributed by atoms with van der Waals surface area (Å²) >= 11 is 0. The second kappa shape index (κ2) is 7.44. The van der Waals surface area contributed by atoms with E-state index in [-0.39, 0.29) is 22.9 Å². The van der Waals surface area contributed by atoms with E-state index in [1.165, 1.54) is 31.3 Å². The Labute approximate surface area is 176 Å². The molecule has 10 heteroatoms. The van der Waals surface area contributed by atoms with E-state index in [2.05, 4.69) is 25.5 Å². The fraction of sp³-hybridized carbons (Fsp3) is 0.381. The van der Waals surface area contributed by atoms with Gasteiger partial charge in [-0.15, -0.1) is 10.2 Å². The van der Waals surface area contributed by atoms with Gasteiger partial charge in [-0.25, -0.2) is 14.4 Å². The lowest BCUT2D eigenvalue weighted by Gasteiger charge is -2.30. The molecule has 31 heavy (non-hydrogen) atoms.